The summed E-state index contributed by atoms with van der Waals surface area (Å²) in [7, 11) is 0. The van der Waals surface area contributed by atoms with Crippen LogP contribution in [0.3, 0.4) is 0 Å². The Hall–Kier alpha value is -3.82. The van der Waals surface area contributed by atoms with Gasteiger partial charge in [0.2, 0.25) is 0 Å². The van der Waals surface area contributed by atoms with Crippen LogP contribution < -0.4 is 16.4 Å². The number of fused-ring (bicyclic) bond motifs is 1. The van der Waals surface area contributed by atoms with E-state index in [-0.39, 0.29) is 6.04 Å². The molecule has 7 nitrogen and oxygen atoms in total. The average Bonchev–Trinajstić information content (AvgIpc) is 3.16. The number of imidazole rings is 1. The van der Waals surface area contributed by atoms with Crippen molar-refractivity contribution in [1.82, 2.24) is 14.7 Å². The van der Waals surface area contributed by atoms with E-state index in [0.717, 1.165) is 22.4 Å². The number of alkyl halides is 3. The van der Waals surface area contributed by atoms with Crippen molar-refractivity contribution in [2.45, 2.75) is 26.1 Å². The van der Waals surface area contributed by atoms with E-state index in [4.69, 9.17) is 5.73 Å². The number of aromatic nitrogens is 2. The standard InChI is InChI=1S/C22H23F3N6O/c1-14(2)27-11-17(10-26)15-6-7-31-19(12-28-20(31)9-15)16-4-3-5-18(8-16)30-21(32)29-13-22(23,24)25/h3-12,14H,13,26H2,1-2H3,(H2,29,30,32). The lowest BCUT2D eigenvalue weighted by Crippen LogP contribution is -2.36. The molecule has 0 atom stereocenters. The van der Waals surface area contributed by atoms with Gasteiger partial charge in [0.05, 0.1) is 11.9 Å². The molecule has 2 heterocycles. The number of allylic oxidation sites excluding steroid dienone is 1. The highest BCUT2D eigenvalue weighted by atomic mass is 19.4. The summed E-state index contributed by atoms with van der Waals surface area (Å²) in [6.45, 7) is 2.53. The van der Waals surface area contributed by atoms with E-state index in [0.29, 0.717) is 11.3 Å². The summed E-state index contributed by atoms with van der Waals surface area (Å²) < 4.78 is 38.6. The fraction of sp³-hybridized carbons (Fsp3) is 0.227. The molecule has 4 N–H and O–H groups in total. The predicted octanol–water partition coefficient (Wildman–Crippen LogP) is 4.46. The lowest BCUT2D eigenvalue weighted by Gasteiger charge is -2.11. The number of nitrogens with one attached hydrogen (secondary N) is 2. The van der Waals surface area contributed by atoms with Crippen LogP contribution in [0.1, 0.15) is 19.4 Å². The number of carbonyl (C=O) groups excluding carboxylic acids is 1. The monoisotopic (exact) mass is 444 g/mol. The molecule has 1 aromatic carbocycles. The molecule has 0 saturated heterocycles. The molecule has 168 valence electrons. The Morgan fingerprint density at radius 3 is 2.75 bits per heavy atom. The zero-order valence-corrected chi connectivity index (χ0v) is 17.5. The molecule has 0 fully saturated rings. The molecule has 2 amide bonds. The highest BCUT2D eigenvalue weighted by molar-refractivity contribution is 6.09. The van der Waals surface area contributed by atoms with Gasteiger partial charge in [0.15, 0.2) is 0 Å². The first-order valence-corrected chi connectivity index (χ1v) is 9.81. The van der Waals surface area contributed by atoms with Crippen molar-refractivity contribution >= 4 is 29.2 Å². The normalized spacial score (nSPS) is 12.6. The first-order chi connectivity index (χ1) is 15.2. The lowest BCUT2D eigenvalue weighted by molar-refractivity contribution is -0.122. The average molecular weight is 444 g/mol. The van der Waals surface area contributed by atoms with Gasteiger partial charge in [0.1, 0.15) is 12.2 Å². The van der Waals surface area contributed by atoms with Crippen molar-refractivity contribution in [3.05, 3.63) is 60.6 Å². The van der Waals surface area contributed by atoms with Crippen LogP contribution in [0.4, 0.5) is 23.7 Å². The van der Waals surface area contributed by atoms with Gasteiger partial charge < -0.3 is 16.4 Å². The van der Waals surface area contributed by atoms with Crippen molar-refractivity contribution in [2.75, 3.05) is 11.9 Å². The van der Waals surface area contributed by atoms with Crippen LogP contribution in [-0.4, -0.2) is 40.4 Å². The van der Waals surface area contributed by atoms with E-state index in [2.05, 4.69) is 15.3 Å². The molecule has 3 aromatic rings. The molecule has 0 aliphatic carbocycles. The van der Waals surface area contributed by atoms with E-state index < -0.39 is 18.8 Å². The molecule has 0 aliphatic heterocycles. The number of hydrogen-bond acceptors (Lipinski definition) is 4. The number of benzene rings is 1. The van der Waals surface area contributed by atoms with Crippen LogP contribution in [0, 0.1) is 0 Å². The summed E-state index contributed by atoms with van der Waals surface area (Å²) in [4.78, 5) is 20.5. The van der Waals surface area contributed by atoms with Gasteiger partial charge in [0, 0.05) is 41.5 Å². The van der Waals surface area contributed by atoms with Gasteiger partial charge in [0.25, 0.3) is 0 Å². The number of amides is 2. The number of hydrogen-bond donors (Lipinski definition) is 3. The number of rotatable bonds is 6. The number of aliphatic imine (C=N–C) groups is 1. The van der Waals surface area contributed by atoms with Gasteiger partial charge in [-0.2, -0.15) is 13.2 Å². The van der Waals surface area contributed by atoms with Gasteiger partial charge in [-0.25, -0.2) is 9.78 Å². The minimum Gasteiger partial charge on any atom is -0.404 e. The molecule has 0 aliphatic rings. The Morgan fingerprint density at radius 1 is 1.28 bits per heavy atom. The summed E-state index contributed by atoms with van der Waals surface area (Å²) in [5.41, 5.74) is 9.89. The fourth-order valence-electron chi connectivity index (χ4n) is 2.93. The second kappa shape index (κ2) is 9.54. The van der Waals surface area contributed by atoms with Gasteiger partial charge in [-0.3, -0.25) is 9.39 Å². The molecule has 2 aromatic heterocycles. The third-order valence-corrected chi connectivity index (χ3v) is 4.40. The molecular formula is C22H23F3N6O. The fourth-order valence-corrected chi connectivity index (χ4v) is 2.93. The molecule has 0 bridgehead atoms. The SMILES string of the molecule is CC(C)N=CC(=CN)c1ccn2c(-c3cccc(NC(=O)NCC(F)(F)F)c3)cnc2c1. The number of carbonyl (C=O) groups is 1. The minimum absolute atomic E-state index is 0.142. The Bertz CT molecular complexity index is 1160. The van der Waals surface area contributed by atoms with Crippen LogP contribution in [0.15, 0.2) is 60.0 Å². The second-order valence-corrected chi connectivity index (χ2v) is 7.28. The third kappa shape index (κ3) is 5.87. The second-order valence-electron chi connectivity index (χ2n) is 7.28. The molecule has 10 heteroatoms. The van der Waals surface area contributed by atoms with Gasteiger partial charge in [-0.05, 0) is 43.7 Å². The first-order valence-electron chi connectivity index (χ1n) is 9.81. The van der Waals surface area contributed by atoms with Crippen LogP contribution in [-0.2, 0) is 0 Å². The Morgan fingerprint density at radius 2 is 2.06 bits per heavy atom. The minimum atomic E-state index is -4.48. The van der Waals surface area contributed by atoms with Crippen molar-refractivity contribution in [3.63, 3.8) is 0 Å². The molecule has 0 unspecified atom stereocenters. The molecule has 3 rings (SSSR count). The summed E-state index contributed by atoms with van der Waals surface area (Å²) in [5, 5.41) is 4.18. The zero-order chi connectivity index (χ0) is 23.3. The Kier molecular flexibility index (Phi) is 6.82. The van der Waals surface area contributed by atoms with Crippen LogP contribution >= 0.6 is 0 Å². The maximum absolute atomic E-state index is 12.3. The van der Waals surface area contributed by atoms with Gasteiger partial charge >= 0.3 is 12.2 Å². The lowest BCUT2D eigenvalue weighted by atomic mass is 10.1. The van der Waals surface area contributed by atoms with Crippen LogP contribution in [0.5, 0.6) is 0 Å². The summed E-state index contributed by atoms with van der Waals surface area (Å²) >= 11 is 0. The molecular weight excluding hydrogens is 421 g/mol. The van der Waals surface area contributed by atoms with Crippen molar-refractivity contribution < 1.29 is 18.0 Å². The quantitative estimate of drug-likeness (QED) is 0.490. The highest BCUT2D eigenvalue weighted by Gasteiger charge is 2.27. The maximum Gasteiger partial charge on any atom is 0.405 e. The smallest absolute Gasteiger partial charge is 0.404 e. The van der Waals surface area contributed by atoms with Gasteiger partial charge in [-0.15, -0.1) is 0 Å². The molecule has 0 spiro atoms. The number of pyridine rings is 1. The van der Waals surface area contributed by atoms with E-state index >= 15 is 0 Å². The predicted molar refractivity (Wildman–Crippen MR) is 119 cm³/mol. The molecule has 0 radical (unpaired) electrons. The molecule has 32 heavy (non-hydrogen) atoms. The summed E-state index contributed by atoms with van der Waals surface area (Å²) in [6, 6.07) is 9.72. The zero-order valence-electron chi connectivity index (χ0n) is 17.5. The van der Waals surface area contributed by atoms with E-state index in [1.165, 1.54) is 6.20 Å². The highest BCUT2D eigenvalue weighted by Crippen LogP contribution is 2.25. The van der Waals surface area contributed by atoms with E-state index in [9.17, 15) is 18.0 Å². The number of halogens is 3. The van der Waals surface area contributed by atoms with Crippen LogP contribution in [0.25, 0.3) is 22.5 Å². The third-order valence-electron chi connectivity index (χ3n) is 4.40. The number of urea groups is 1. The van der Waals surface area contributed by atoms with Crippen molar-refractivity contribution in [2.24, 2.45) is 10.7 Å². The largest absolute Gasteiger partial charge is 0.405 e. The summed E-state index contributed by atoms with van der Waals surface area (Å²) in [6.07, 6.45) is 2.25. The topological polar surface area (TPSA) is 96.8 Å². The first kappa shape index (κ1) is 22.9. The van der Waals surface area contributed by atoms with Crippen molar-refractivity contribution in [1.29, 1.82) is 0 Å². The Balaban J connectivity index is 1.83. The number of anilines is 1. The summed E-state index contributed by atoms with van der Waals surface area (Å²) in [5.74, 6) is 0. The maximum atomic E-state index is 12.3. The van der Waals surface area contributed by atoms with Gasteiger partial charge in [-0.1, -0.05) is 12.1 Å². The van der Waals surface area contributed by atoms with E-state index in [1.54, 1.807) is 35.9 Å². The Labute approximate surface area is 182 Å². The van der Waals surface area contributed by atoms with E-state index in [1.807, 2.05) is 42.6 Å². The van der Waals surface area contributed by atoms with Crippen LogP contribution in [0.2, 0.25) is 0 Å². The number of nitrogens with zero attached hydrogens (tertiary/aromatic N) is 3. The molecule has 0 saturated carbocycles. The number of nitrogens with two attached hydrogens (primary N) is 1. The van der Waals surface area contributed by atoms with Crippen molar-refractivity contribution in [3.8, 4) is 11.3 Å².